The minimum absolute atomic E-state index is 0. The molecule has 3 heterocycles. The van der Waals surface area contributed by atoms with Crippen LogP contribution in [0.3, 0.4) is 0 Å². The van der Waals surface area contributed by atoms with Gasteiger partial charge in [0, 0.05) is 5.38 Å². The Hall–Kier alpha value is -1.44. The maximum Gasteiger partial charge on any atom is 0.277 e. The van der Waals surface area contributed by atoms with E-state index in [0.717, 1.165) is 31.6 Å². The molecule has 20 heavy (non-hydrogen) atoms. The summed E-state index contributed by atoms with van der Waals surface area (Å²) in [7, 11) is 0. The SMILES string of the molecule is Cl.O=C(Nc1ccsc1)c1cn(C2CCNCC2)nn1. The molecule has 0 aliphatic carbocycles. The van der Waals surface area contributed by atoms with E-state index in [2.05, 4.69) is 20.9 Å². The maximum absolute atomic E-state index is 12.0. The van der Waals surface area contributed by atoms with Gasteiger partial charge in [-0.3, -0.25) is 4.79 Å². The van der Waals surface area contributed by atoms with Gasteiger partial charge < -0.3 is 10.6 Å². The number of thiophene rings is 1. The van der Waals surface area contributed by atoms with Crippen LogP contribution >= 0.6 is 23.7 Å². The summed E-state index contributed by atoms with van der Waals surface area (Å²) in [6.45, 7) is 1.97. The molecule has 0 atom stereocenters. The van der Waals surface area contributed by atoms with Crippen LogP contribution < -0.4 is 10.6 Å². The Morgan fingerprint density at radius 2 is 2.25 bits per heavy atom. The highest BCUT2D eigenvalue weighted by Gasteiger charge is 2.18. The number of rotatable bonds is 3. The number of nitrogens with zero attached hydrogens (tertiary/aromatic N) is 3. The Labute approximate surface area is 127 Å². The van der Waals surface area contributed by atoms with E-state index in [-0.39, 0.29) is 18.3 Å². The molecule has 0 bridgehead atoms. The third-order valence-corrected chi connectivity index (χ3v) is 3.89. The van der Waals surface area contributed by atoms with E-state index < -0.39 is 0 Å². The normalized spacial score (nSPS) is 15.6. The molecular formula is C12H16ClN5OS. The number of anilines is 1. The Morgan fingerprint density at radius 3 is 2.95 bits per heavy atom. The van der Waals surface area contributed by atoms with Gasteiger partial charge in [-0.05, 0) is 37.4 Å². The predicted octanol–water partition coefficient (Wildman–Crippen LogP) is 1.94. The van der Waals surface area contributed by atoms with E-state index in [1.54, 1.807) is 17.5 Å². The molecule has 0 radical (unpaired) electrons. The Bertz CT molecular complexity index is 550. The fourth-order valence-electron chi connectivity index (χ4n) is 2.16. The van der Waals surface area contributed by atoms with Crippen molar-refractivity contribution in [1.29, 1.82) is 0 Å². The van der Waals surface area contributed by atoms with Gasteiger partial charge in [-0.25, -0.2) is 4.68 Å². The van der Waals surface area contributed by atoms with Gasteiger partial charge in [-0.15, -0.1) is 17.5 Å². The zero-order valence-electron chi connectivity index (χ0n) is 10.8. The summed E-state index contributed by atoms with van der Waals surface area (Å²) in [6.07, 6.45) is 3.78. The molecule has 1 amide bonds. The highest BCUT2D eigenvalue weighted by molar-refractivity contribution is 7.08. The number of hydrogen-bond acceptors (Lipinski definition) is 5. The Morgan fingerprint density at radius 1 is 1.45 bits per heavy atom. The average molecular weight is 314 g/mol. The first-order valence-electron chi connectivity index (χ1n) is 6.29. The molecule has 8 heteroatoms. The van der Waals surface area contributed by atoms with Crippen molar-refractivity contribution in [1.82, 2.24) is 20.3 Å². The molecule has 0 saturated carbocycles. The number of aromatic nitrogens is 3. The van der Waals surface area contributed by atoms with Crippen LogP contribution in [0.1, 0.15) is 29.4 Å². The summed E-state index contributed by atoms with van der Waals surface area (Å²) < 4.78 is 1.81. The van der Waals surface area contributed by atoms with Gasteiger partial charge in [0.1, 0.15) is 0 Å². The number of carbonyl (C=O) groups is 1. The monoisotopic (exact) mass is 313 g/mol. The number of nitrogens with one attached hydrogen (secondary N) is 2. The molecule has 0 spiro atoms. The van der Waals surface area contributed by atoms with Crippen molar-refractivity contribution in [2.45, 2.75) is 18.9 Å². The third-order valence-electron chi connectivity index (χ3n) is 3.20. The van der Waals surface area contributed by atoms with E-state index in [1.807, 2.05) is 21.5 Å². The highest BCUT2D eigenvalue weighted by Crippen LogP contribution is 2.18. The van der Waals surface area contributed by atoms with Crippen LogP contribution in [0.2, 0.25) is 0 Å². The number of amides is 1. The molecular weight excluding hydrogens is 298 g/mol. The van der Waals surface area contributed by atoms with Crippen molar-refractivity contribution in [3.63, 3.8) is 0 Å². The van der Waals surface area contributed by atoms with Gasteiger partial charge in [-0.1, -0.05) is 5.21 Å². The van der Waals surface area contributed by atoms with E-state index in [1.165, 1.54) is 0 Å². The highest BCUT2D eigenvalue weighted by atomic mass is 35.5. The first-order valence-corrected chi connectivity index (χ1v) is 7.23. The first-order chi connectivity index (χ1) is 9.33. The number of hydrogen-bond donors (Lipinski definition) is 2. The molecule has 1 fully saturated rings. The minimum atomic E-state index is -0.210. The van der Waals surface area contributed by atoms with Gasteiger partial charge in [-0.2, -0.15) is 11.3 Å². The topological polar surface area (TPSA) is 71.8 Å². The van der Waals surface area contributed by atoms with Gasteiger partial charge in [0.25, 0.3) is 5.91 Å². The molecule has 6 nitrogen and oxygen atoms in total. The summed E-state index contributed by atoms with van der Waals surface area (Å²) in [5, 5.41) is 17.9. The molecule has 2 aromatic heterocycles. The van der Waals surface area contributed by atoms with Gasteiger partial charge in [0.2, 0.25) is 0 Å². The van der Waals surface area contributed by atoms with Gasteiger partial charge in [0.05, 0.1) is 17.9 Å². The summed E-state index contributed by atoms with van der Waals surface area (Å²) in [6, 6.07) is 2.20. The lowest BCUT2D eigenvalue weighted by Gasteiger charge is -2.22. The predicted molar refractivity (Wildman–Crippen MR) is 80.7 cm³/mol. The Balaban J connectivity index is 0.00000147. The van der Waals surface area contributed by atoms with Crippen LogP contribution in [0, 0.1) is 0 Å². The number of halogens is 1. The lowest BCUT2D eigenvalue weighted by Crippen LogP contribution is -2.29. The second-order valence-corrected chi connectivity index (χ2v) is 5.31. The molecule has 108 valence electrons. The van der Waals surface area contributed by atoms with Crippen LogP contribution in [-0.4, -0.2) is 34.0 Å². The van der Waals surface area contributed by atoms with Crippen molar-refractivity contribution < 1.29 is 4.79 Å². The molecule has 1 aliphatic heterocycles. The van der Waals surface area contributed by atoms with Crippen molar-refractivity contribution in [2.75, 3.05) is 18.4 Å². The van der Waals surface area contributed by atoms with Crippen molar-refractivity contribution >= 4 is 35.3 Å². The van der Waals surface area contributed by atoms with Crippen LogP contribution in [0.4, 0.5) is 5.69 Å². The van der Waals surface area contributed by atoms with Crippen LogP contribution in [0.15, 0.2) is 23.0 Å². The molecule has 0 unspecified atom stereocenters. The average Bonchev–Trinajstić information content (AvgIpc) is 3.10. The van der Waals surface area contributed by atoms with Crippen molar-refractivity contribution in [2.24, 2.45) is 0 Å². The van der Waals surface area contributed by atoms with Crippen LogP contribution in [-0.2, 0) is 0 Å². The zero-order valence-corrected chi connectivity index (χ0v) is 12.4. The summed E-state index contributed by atoms with van der Waals surface area (Å²) >= 11 is 1.54. The Kier molecular flexibility index (Phi) is 5.11. The van der Waals surface area contributed by atoms with E-state index in [0.29, 0.717) is 11.7 Å². The van der Waals surface area contributed by atoms with Crippen molar-refractivity contribution in [3.05, 3.63) is 28.7 Å². The van der Waals surface area contributed by atoms with Crippen LogP contribution in [0.25, 0.3) is 0 Å². The fraction of sp³-hybridized carbons (Fsp3) is 0.417. The van der Waals surface area contributed by atoms with Gasteiger partial charge in [0.15, 0.2) is 5.69 Å². The maximum atomic E-state index is 12.0. The largest absolute Gasteiger partial charge is 0.320 e. The van der Waals surface area contributed by atoms with E-state index >= 15 is 0 Å². The molecule has 3 rings (SSSR count). The lowest BCUT2D eigenvalue weighted by molar-refractivity contribution is 0.102. The van der Waals surface area contributed by atoms with Crippen LogP contribution in [0.5, 0.6) is 0 Å². The summed E-state index contributed by atoms with van der Waals surface area (Å²) in [5.41, 5.74) is 1.16. The first kappa shape index (κ1) is 15.0. The number of piperidine rings is 1. The van der Waals surface area contributed by atoms with Crippen molar-refractivity contribution in [3.8, 4) is 0 Å². The summed E-state index contributed by atoms with van der Waals surface area (Å²) in [4.78, 5) is 12.0. The molecule has 2 aromatic rings. The standard InChI is InChI=1S/C12H15N5OS.ClH/c18-12(14-9-3-6-19-8-9)11-7-17(16-15-11)10-1-4-13-5-2-10;/h3,6-8,10,13H,1-2,4-5H2,(H,14,18);1H. The zero-order chi connectivity index (χ0) is 13.1. The fourth-order valence-corrected chi connectivity index (χ4v) is 2.75. The van der Waals surface area contributed by atoms with E-state index in [4.69, 9.17) is 0 Å². The molecule has 1 aliphatic rings. The second kappa shape index (κ2) is 6.83. The molecule has 1 saturated heterocycles. The quantitative estimate of drug-likeness (QED) is 0.908. The molecule has 0 aromatic carbocycles. The lowest BCUT2D eigenvalue weighted by atomic mass is 10.1. The second-order valence-electron chi connectivity index (χ2n) is 4.53. The minimum Gasteiger partial charge on any atom is -0.320 e. The summed E-state index contributed by atoms with van der Waals surface area (Å²) in [5.74, 6) is -0.210. The smallest absolute Gasteiger partial charge is 0.277 e. The van der Waals surface area contributed by atoms with Gasteiger partial charge >= 0.3 is 0 Å². The third kappa shape index (κ3) is 3.36. The molecule has 2 N–H and O–H groups in total. The van der Waals surface area contributed by atoms with E-state index in [9.17, 15) is 4.79 Å². The number of carbonyl (C=O) groups excluding carboxylic acids is 1.